The van der Waals surface area contributed by atoms with Crippen LogP contribution in [0.1, 0.15) is 29.9 Å². The van der Waals surface area contributed by atoms with Crippen molar-refractivity contribution in [2.45, 2.75) is 18.8 Å². The molecule has 0 radical (unpaired) electrons. The predicted octanol–water partition coefficient (Wildman–Crippen LogP) is 3.64. The summed E-state index contributed by atoms with van der Waals surface area (Å²) >= 11 is 0. The molecule has 134 valence electrons. The van der Waals surface area contributed by atoms with Crippen LogP contribution in [0.3, 0.4) is 0 Å². The van der Waals surface area contributed by atoms with Gasteiger partial charge in [0.15, 0.2) is 0 Å². The quantitative estimate of drug-likeness (QED) is 0.920. The lowest BCUT2D eigenvalue weighted by Crippen LogP contribution is -2.59. The monoisotopic (exact) mass is 349 g/mol. The maximum absolute atomic E-state index is 12.6. The molecular formula is C22H23NO3. The standard InChI is InChI=1S/C22H23NO3/c24-14-22-9-15(10-22)11-23(13-22)21(25)26-12-20-18-7-3-1-5-16(18)17-6-2-4-8-19(17)20/h1-8,15,20,24H,9-14H2. The third kappa shape index (κ3) is 2.36. The number of rotatable bonds is 3. The zero-order chi connectivity index (χ0) is 17.7. The Bertz CT molecular complexity index is 810. The molecule has 0 atom stereocenters. The summed E-state index contributed by atoms with van der Waals surface area (Å²) in [5.41, 5.74) is 4.86. The number of fused-ring (bicyclic) bond motifs is 5. The highest BCUT2D eigenvalue weighted by atomic mass is 16.6. The largest absolute Gasteiger partial charge is 0.448 e. The van der Waals surface area contributed by atoms with Crippen LogP contribution >= 0.6 is 0 Å². The summed E-state index contributed by atoms with van der Waals surface area (Å²) in [5, 5.41) is 9.63. The normalized spacial score (nSPS) is 26.0. The van der Waals surface area contributed by atoms with Gasteiger partial charge in [-0.1, -0.05) is 48.5 Å². The van der Waals surface area contributed by atoms with Crippen LogP contribution in [0, 0.1) is 11.3 Å². The molecule has 1 amide bonds. The van der Waals surface area contributed by atoms with E-state index in [9.17, 15) is 9.90 Å². The van der Waals surface area contributed by atoms with Crippen molar-refractivity contribution in [2.75, 3.05) is 26.3 Å². The maximum Gasteiger partial charge on any atom is 0.409 e. The first-order valence-corrected chi connectivity index (χ1v) is 9.40. The molecule has 2 aromatic carbocycles. The minimum Gasteiger partial charge on any atom is -0.448 e. The molecule has 2 aliphatic heterocycles. The Morgan fingerprint density at radius 2 is 1.69 bits per heavy atom. The van der Waals surface area contributed by atoms with Crippen molar-refractivity contribution in [3.8, 4) is 11.1 Å². The Morgan fingerprint density at radius 3 is 2.31 bits per heavy atom. The molecular weight excluding hydrogens is 326 g/mol. The van der Waals surface area contributed by atoms with Gasteiger partial charge in [0.1, 0.15) is 6.61 Å². The fourth-order valence-corrected chi connectivity index (χ4v) is 5.21. The van der Waals surface area contributed by atoms with Gasteiger partial charge in [-0.15, -0.1) is 0 Å². The molecule has 1 saturated carbocycles. The van der Waals surface area contributed by atoms with Gasteiger partial charge in [0.2, 0.25) is 0 Å². The zero-order valence-electron chi connectivity index (χ0n) is 14.7. The first kappa shape index (κ1) is 15.9. The van der Waals surface area contributed by atoms with E-state index in [4.69, 9.17) is 4.74 Å². The Hall–Kier alpha value is -2.33. The van der Waals surface area contributed by atoms with Crippen molar-refractivity contribution in [1.29, 1.82) is 0 Å². The van der Waals surface area contributed by atoms with Crippen molar-refractivity contribution < 1.29 is 14.6 Å². The van der Waals surface area contributed by atoms with Crippen LogP contribution < -0.4 is 0 Å². The second-order valence-corrected chi connectivity index (χ2v) is 8.12. The summed E-state index contributed by atoms with van der Waals surface area (Å²) in [7, 11) is 0. The smallest absolute Gasteiger partial charge is 0.409 e. The summed E-state index contributed by atoms with van der Waals surface area (Å²) in [4.78, 5) is 14.4. The van der Waals surface area contributed by atoms with Gasteiger partial charge in [-0.2, -0.15) is 0 Å². The number of amides is 1. The SMILES string of the molecule is O=C(OCC1c2ccccc2-c2ccccc21)N1CC2CC(CO)(C2)C1. The van der Waals surface area contributed by atoms with Crippen LogP contribution in [0.5, 0.6) is 0 Å². The van der Waals surface area contributed by atoms with Crippen molar-refractivity contribution in [3.63, 3.8) is 0 Å². The number of hydrogen-bond donors (Lipinski definition) is 1. The molecule has 6 rings (SSSR count). The molecule has 4 aliphatic rings. The van der Waals surface area contributed by atoms with Gasteiger partial charge < -0.3 is 14.7 Å². The number of carbonyl (C=O) groups excluding carboxylic acids is 1. The molecule has 0 spiro atoms. The lowest BCUT2D eigenvalue weighted by Gasteiger charge is -2.55. The molecule has 4 nitrogen and oxygen atoms in total. The number of nitrogens with zero attached hydrogens (tertiary/aromatic N) is 1. The molecule has 2 bridgehead atoms. The Kier molecular flexibility index (Phi) is 3.57. The Morgan fingerprint density at radius 1 is 1.08 bits per heavy atom. The third-order valence-electron chi connectivity index (χ3n) is 6.38. The Labute approximate surface area is 153 Å². The molecule has 2 aromatic rings. The van der Waals surface area contributed by atoms with E-state index in [1.807, 2.05) is 12.1 Å². The molecule has 1 N–H and O–H groups in total. The number of ether oxygens (including phenoxy) is 1. The number of aliphatic hydroxyl groups is 1. The van der Waals surface area contributed by atoms with E-state index >= 15 is 0 Å². The molecule has 26 heavy (non-hydrogen) atoms. The van der Waals surface area contributed by atoms with Crippen molar-refractivity contribution >= 4 is 6.09 Å². The number of aliphatic hydroxyl groups excluding tert-OH is 1. The first-order chi connectivity index (χ1) is 12.7. The van der Waals surface area contributed by atoms with Crippen LogP contribution in [0.4, 0.5) is 4.79 Å². The highest BCUT2D eigenvalue weighted by Gasteiger charge is 2.51. The summed E-state index contributed by atoms with van der Waals surface area (Å²) in [6.45, 7) is 1.91. The highest BCUT2D eigenvalue weighted by molar-refractivity contribution is 5.79. The number of piperidine rings is 2. The first-order valence-electron chi connectivity index (χ1n) is 9.40. The van der Waals surface area contributed by atoms with Gasteiger partial charge in [-0.3, -0.25) is 0 Å². The fourth-order valence-electron chi connectivity index (χ4n) is 5.21. The Balaban J connectivity index is 1.32. The van der Waals surface area contributed by atoms with Crippen LogP contribution in [0.25, 0.3) is 11.1 Å². The molecule has 2 heterocycles. The number of benzene rings is 2. The topological polar surface area (TPSA) is 49.8 Å². The molecule has 2 saturated heterocycles. The van der Waals surface area contributed by atoms with Crippen molar-refractivity contribution in [3.05, 3.63) is 59.7 Å². The van der Waals surface area contributed by atoms with Gasteiger partial charge in [0.25, 0.3) is 0 Å². The van der Waals surface area contributed by atoms with Crippen molar-refractivity contribution in [2.24, 2.45) is 11.3 Å². The van der Waals surface area contributed by atoms with E-state index < -0.39 is 0 Å². The second-order valence-electron chi connectivity index (χ2n) is 8.12. The average molecular weight is 349 g/mol. The minimum atomic E-state index is -0.242. The third-order valence-corrected chi connectivity index (χ3v) is 6.38. The minimum absolute atomic E-state index is 0.0749. The van der Waals surface area contributed by atoms with Gasteiger partial charge >= 0.3 is 6.09 Å². The summed E-state index contributed by atoms with van der Waals surface area (Å²) in [6.07, 6.45) is 1.84. The summed E-state index contributed by atoms with van der Waals surface area (Å²) in [5.74, 6) is 0.619. The molecule has 0 aromatic heterocycles. The predicted molar refractivity (Wildman–Crippen MR) is 98.9 cm³/mol. The molecule has 0 unspecified atom stereocenters. The number of hydrogen-bond acceptors (Lipinski definition) is 3. The van der Waals surface area contributed by atoms with Crippen LogP contribution in [-0.4, -0.2) is 42.4 Å². The maximum atomic E-state index is 12.6. The van der Waals surface area contributed by atoms with Gasteiger partial charge in [-0.25, -0.2) is 4.79 Å². The lowest BCUT2D eigenvalue weighted by molar-refractivity contribution is -0.0851. The van der Waals surface area contributed by atoms with Crippen LogP contribution in [0.15, 0.2) is 48.5 Å². The van der Waals surface area contributed by atoms with Crippen LogP contribution in [0.2, 0.25) is 0 Å². The zero-order valence-corrected chi connectivity index (χ0v) is 14.7. The molecule has 4 heteroatoms. The van der Waals surface area contributed by atoms with E-state index in [1.165, 1.54) is 22.3 Å². The summed E-state index contributed by atoms with van der Waals surface area (Å²) in [6, 6.07) is 16.7. The summed E-state index contributed by atoms with van der Waals surface area (Å²) < 4.78 is 5.74. The molecule has 2 aliphatic carbocycles. The number of carbonyl (C=O) groups is 1. The fraction of sp³-hybridized carbons (Fsp3) is 0.409. The lowest BCUT2D eigenvalue weighted by atomic mass is 9.59. The second kappa shape index (κ2) is 5.85. The average Bonchev–Trinajstić information content (AvgIpc) is 2.99. The van der Waals surface area contributed by atoms with Gasteiger partial charge in [-0.05, 0) is 41.0 Å². The highest BCUT2D eigenvalue weighted by Crippen LogP contribution is 2.50. The van der Waals surface area contributed by atoms with E-state index in [0.717, 1.165) is 19.4 Å². The van der Waals surface area contributed by atoms with E-state index in [2.05, 4.69) is 36.4 Å². The molecule has 3 fully saturated rings. The van der Waals surface area contributed by atoms with Gasteiger partial charge in [0, 0.05) is 24.4 Å². The van der Waals surface area contributed by atoms with E-state index in [-0.39, 0.29) is 24.0 Å². The van der Waals surface area contributed by atoms with Crippen molar-refractivity contribution in [1.82, 2.24) is 4.90 Å². The van der Waals surface area contributed by atoms with Crippen LogP contribution in [-0.2, 0) is 4.74 Å². The van der Waals surface area contributed by atoms with E-state index in [1.54, 1.807) is 4.90 Å². The van der Waals surface area contributed by atoms with E-state index in [0.29, 0.717) is 19.1 Å². The van der Waals surface area contributed by atoms with Gasteiger partial charge in [0.05, 0.1) is 6.61 Å².